The van der Waals surface area contributed by atoms with Gasteiger partial charge in [0.25, 0.3) is 0 Å². The second kappa shape index (κ2) is 8.25. The van der Waals surface area contributed by atoms with E-state index in [0.29, 0.717) is 5.75 Å². The van der Waals surface area contributed by atoms with E-state index >= 15 is 0 Å². The number of methoxy groups -OCH3 is 1. The predicted molar refractivity (Wildman–Crippen MR) is 75.2 cm³/mol. The molecule has 0 aliphatic rings. The van der Waals surface area contributed by atoms with Gasteiger partial charge in [0.1, 0.15) is 5.75 Å². The Kier molecular flexibility index (Phi) is 6.67. The van der Waals surface area contributed by atoms with E-state index in [4.69, 9.17) is 9.84 Å². The number of halogens is 3. The minimum Gasteiger partial charge on any atom is -0.497 e. The normalized spacial score (nSPS) is 12.3. The third-order valence-electron chi connectivity index (χ3n) is 2.90. The van der Waals surface area contributed by atoms with Crippen molar-refractivity contribution in [1.82, 2.24) is 10.6 Å². The summed E-state index contributed by atoms with van der Waals surface area (Å²) < 4.78 is 44.1. The predicted octanol–water partition coefficient (Wildman–Crippen LogP) is 2.46. The molecule has 128 valence electrons. The fourth-order valence-electron chi connectivity index (χ4n) is 1.77. The van der Waals surface area contributed by atoms with E-state index in [1.165, 1.54) is 31.4 Å². The molecule has 0 fully saturated rings. The first-order chi connectivity index (χ1) is 10.7. The van der Waals surface area contributed by atoms with E-state index in [-0.39, 0.29) is 24.9 Å². The topological polar surface area (TPSA) is 87.7 Å². The summed E-state index contributed by atoms with van der Waals surface area (Å²) in [4.78, 5) is 21.9. The molecule has 23 heavy (non-hydrogen) atoms. The summed E-state index contributed by atoms with van der Waals surface area (Å²) in [5.41, 5.74) is -0.140. The minimum absolute atomic E-state index is 0.0364. The number of carboxylic acids is 1. The molecule has 9 heteroatoms. The molecular weight excluding hydrogens is 317 g/mol. The summed E-state index contributed by atoms with van der Waals surface area (Å²) >= 11 is 0. The summed E-state index contributed by atoms with van der Waals surface area (Å²) in [7, 11) is 1.39. The molecular formula is C14H17F3N2O4. The quantitative estimate of drug-likeness (QED) is 0.669. The summed E-state index contributed by atoms with van der Waals surface area (Å²) in [6.45, 7) is -0.0364. The van der Waals surface area contributed by atoms with Crippen LogP contribution < -0.4 is 15.4 Å². The van der Waals surface area contributed by atoms with Crippen LogP contribution in [0.1, 0.15) is 24.4 Å². The van der Waals surface area contributed by atoms with Gasteiger partial charge >= 0.3 is 18.2 Å². The first-order valence-electron chi connectivity index (χ1n) is 6.71. The second-order valence-corrected chi connectivity index (χ2v) is 4.65. The monoisotopic (exact) mass is 334 g/mol. The van der Waals surface area contributed by atoms with Crippen molar-refractivity contribution < 1.29 is 32.6 Å². The lowest BCUT2D eigenvalue weighted by molar-refractivity contribution is -0.155. The van der Waals surface area contributed by atoms with Crippen molar-refractivity contribution in [2.24, 2.45) is 0 Å². The average Bonchev–Trinajstić information content (AvgIpc) is 2.48. The van der Waals surface area contributed by atoms with Gasteiger partial charge in [0.2, 0.25) is 0 Å². The Bertz CT molecular complexity index is 532. The Morgan fingerprint density at radius 3 is 2.35 bits per heavy atom. The van der Waals surface area contributed by atoms with Crippen molar-refractivity contribution in [2.45, 2.75) is 25.1 Å². The standard InChI is InChI=1S/C14H17F3N2O4/c1-23-10-6-4-9(5-7-10)12(14(15,16)17)19-13(22)18-8-2-3-11(20)21/h4-7,12H,2-3,8H2,1H3,(H,20,21)(H2,18,19,22). The van der Waals surface area contributed by atoms with E-state index in [2.05, 4.69) is 5.32 Å². The molecule has 0 aliphatic heterocycles. The van der Waals surface area contributed by atoms with Gasteiger partial charge < -0.3 is 20.5 Å². The molecule has 1 aromatic rings. The van der Waals surface area contributed by atoms with E-state index < -0.39 is 24.2 Å². The summed E-state index contributed by atoms with van der Waals surface area (Å²) in [5.74, 6) is -0.647. The van der Waals surface area contributed by atoms with Gasteiger partial charge in [0.05, 0.1) is 7.11 Å². The highest BCUT2D eigenvalue weighted by Gasteiger charge is 2.41. The number of carbonyl (C=O) groups is 2. The van der Waals surface area contributed by atoms with Crippen LogP contribution in [0.3, 0.4) is 0 Å². The first kappa shape index (κ1) is 18.6. The Morgan fingerprint density at radius 1 is 1.26 bits per heavy atom. The number of alkyl halides is 3. The van der Waals surface area contributed by atoms with Crippen LogP contribution in [0.4, 0.5) is 18.0 Å². The fourth-order valence-corrected chi connectivity index (χ4v) is 1.77. The van der Waals surface area contributed by atoms with E-state index in [1.54, 1.807) is 0 Å². The van der Waals surface area contributed by atoms with Gasteiger partial charge in [0.15, 0.2) is 6.04 Å². The number of rotatable bonds is 7. The number of amides is 2. The fraction of sp³-hybridized carbons (Fsp3) is 0.429. The van der Waals surface area contributed by atoms with Crippen LogP contribution in [0.15, 0.2) is 24.3 Å². The molecule has 6 nitrogen and oxygen atoms in total. The summed E-state index contributed by atoms with van der Waals surface area (Å²) in [6.07, 6.45) is -4.73. The van der Waals surface area contributed by atoms with Crippen molar-refractivity contribution in [3.8, 4) is 5.75 Å². The molecule has 0 saturated carbocycles. The summed E-state index contributed by atoms with van der Waals surface area (Å²) in [6, 6.07) is 1.95. The van der Waals surface area contributed by atoms with Crippen LogP contribution in [0, 0.1) is 0 Å². The van der Waals surface area contributed by atoms with E-state index in [9.17, 15) is 22.8 Å². The molecule has 1 rings (SSSR count). The van der Waals surface area contributed by atoms with Crippen molar-refractivity contribution in [3.05, 3.63) is 29.8 Å². The van der Waals surface area contributed by atoms with Crippen molar-refractivity contribution in [3.63, 3.8) is 0 Å². The number of urea groups is 1. The van der Waals surface area contributed by atoms with E-state index in [0.717, 1.165) is 0 Å². The smallest absolute Gasteiger partial charge is 0.412 e. The highest BCUT2D eigenvalue weighted by atomic mass is 19.4. The van der Waals surface area contributed by atoms with Crippen molar-refractivity contribution >= 4 is 12.0 Å². The molecule has 0 aliphatic carbocycles. The number of hydrogen-bond donors (Lipinski definition) is 3. The van der Waals surface area contributed by atoms with Crippen molar-refractivity contribution in [1.29, 1.82) is 0 Å². The van der Waals surface area contributed by atoms with Gasteiger partial charge in [-0.2, -0.15) is 13.2 Å². The van der Waals surface area contributed by atoms with Gasteiger partial charge in [-0.15, -0.1) is 0 Å². The van der Waals surface area contributed by atoms with Crippen molar-refractivity contribution in [2.75, 3.05) is 13.7 Å². The van der Waals surface area contributed by atoms with Gasteiger partial charge in [-0.1, -0.05) is 12.1 Å². The maximum atomic E-state index is 13.1. The zero-order chi connectivity index (χ0) is 17.5. The van der Waals surface area contributed by atoms with Crippen LogP contribution in [0.2, 0.25) is 0 Å². The Morgan fingerprint density at radius 2 is 1.87 bits per heavy atom. The largest absolute Gasteiger partial charge is 0.497 e. The highest BCUT2D eigenvalue weighted by Crippen LogP contribution is 2.33. The average molecular weight is 334 g/mol. The third kappa shape index (κ3) is 6.45. The lowest BCUT2D eigenvalue weighted by atomic mass is 10.1. The van der Waals surface area contributed by atoms with Crippen LogP contribution in [-0.4, -0.2) is 36.9 Å². The maximum Gasteiger partial charge on any atom is 0.412 e. The molecule has 0 bridgehead atoms. The minimum atomic E-state index is -4.67. The summed E-state index contributed by atoms with van der Waals surface area (Å²) in [5, 5.41) is 12.5. The maximum absolute atomic E-state index is 13.1. The molecule has 0 radical (unpaired) electrons. The molecule has 1 atom stereocenters. The molecule has 0 heterocycles. The lowest BCUT2D eigenvalue weighted by Gasteiger charge is -2.22. The number of hydrogen-bond acceptors (Lipinski definition) is 3. The number of benzene rings is 1. The Balaban J connectivity index is 2.68. The van der Waals surface area contributed by atoms with Crippen LogP contribution in [-0.2, 0) is 4.79 Å². The molecule has 3 N–H and O–H groups in total. The number of ether oxygens (including phenoxy) is 1. The van der Waals surface area contributed by atoms with Gasteiger partial charge in [-0.05, 0) is 24.1 Å². The molecule has 2 amide bonds. The van der Waals surface area contributed by atoms with Crippen LogP contribution in [0.25, 0.3) is 0 Å². The molecule has 0 saturated heterocycles. The first-order valence-corrected chi connectivity index (χ1v) is 6.71. The Hall–Kier alpha value is -2.45. The number of carbonyl (C=O) groups excluding carboxylic acids is 1. The van der Waals surface area contributed by atoms with Crippen LogP contribution >= 0.6 is 0 Å². The lowest BCUT2D eigenvalue weighted by Crippen LogP contribution is -2.43. The van der Waals surface area contributed by atoms with Gasteiger partial charge in [0, 0.05) is 13.0 Å². The second-order valence-electron chi connectivity index (χ2n) is 4.65. The van der Waals surface area contributed by atoms with Gasteiger partial charge in [-0.3, -0.25) is 4.79 Å². The molecule has 1 aromatic carbocycles. The number of carboxylic acid groups (broad SMARTS) is 1. The molecule has 1 unspecified atom stereocenters. The number of nitrogens with one attached hydrogen (secondary N) is 2. The highest BCUT2D eigenvalue weighted by molar-refractivity contribution is 5.74. The number of aliphatic carboxylic acids is 1. The van der Waals surface area contributed by atoms with Gasteiger partial charge in [-0.25, -0.2) is 4.79 Å². The third-order valence-corrected chi connectivity index (χ3v) is 2.90. The molecule has 0 spiro atoms. The zero-order valence-corrected chi connectivity index (χ0v) is 12.3. The zero-order valence-electron chi connectivity index (χ0n) is 12.3. The van der Waals surface area contributed by atoms with Crippen LogP contribution in [0.5, 0.6) is 5.75 Å². The van der Waals surface area contributed by atoms with E-state index in [1.807, 2.05) is 5.32 Å². The molecule has 0 aromatic heterocycles. The SMILES string of the molecule is COc1ccc(C(NC(=O)NCCCC(=O)O)C(F)(F)F)cc1. The Labute approximate surface area is 130 Å².